The van der Waals surface area contributed by atoms with Gasteiger partial charge in [-0.05, 0) is 42.2 Å². The molecule has 0 aliphatic rings. The Morgan fingerprint density at radius 1 is 1.41 bits per heavy atom. The minimum atomic E-state index is 0.932. The van der Waals surface area contributed by atoms with E-state index in [1.807, 2.05) is 0 Å². The summed E-state index contributed by atoms with van der Waals surface area (Å²) in [5, 5.41) is 3.33. The predicted octanol–water partition coefficient (Wildman–Crippen LogP) is 3.11. The van der Waals surface area contributed by atoms with Crippen molar-refractivity contribution >= 4 is 23.3 Å². The van der Waals surface area contributed by atoms with Crippen LogP contribution in [-0.2, 0) is 6.54 Å². The lowest BCUT2D eigenvalue weighted by molar-refractivity contribution is 0.726. The van der Waals surface area contributed by atoms with Crippen LogP contribution in [0.25, 0.3) is 0 Å². The van der Waals surface area contributed by atoms with Gasteiger partial charge in [-0.1, -0.05) is 30.8 Å². The molecule has 1 aromatic heterocycles. The van der Waals surface area contributed by atoms with Crippen molar-refractivity contribution in [2.75, 3.05) is 6.54 Å². The summed E-state index contributed by atoms with van der Waals surface area (Å²) in [6.07, 6.45) is 1.60. The first-order valence-corrected chi connectivity index (χ1v) is 7.13. The van der Waals surface area contributed by atoms with Gasteiger partial charge in [0.2, 0.25) is 0 Å². The highest BCUT2D eigenvalue weighted by atomic mass is 32.2. The lowest BCUT2D eigenvalue weighted by Crippen LogP contribution is -2.11. The highest BCUT2D eigenvalue weighted by Gasteiger charge is 2.04. The zero-order valence-electron chi connectivity index (χ0n) is 9.93. The molecule has 2 aromatic rings. The number of hydrogen-bond acceptors (Lipinski definition) is 5. The first-order chi connectivity index (χ1) is 8.29. The second kappa shape index (κ2) is 6.14. The fraction of sp³-hybridized carbons (Fsp3) is 0.333. The SMILES string of the molecule is CCNCc1ccc(Sc2ncns2)c(C)c1. The third-order valence-electron chi connectivity index (χ3n) is 2.36. The maximum absolute atomic E-state index is 4.18. The number of rotatable bonds is 5. The number of hydrogen-bond donors (Lipinski definition) is 1. The van der Waals surface area contributed by atoms with Gasteiger partial charge in [-0.15, -0.1) is 0 Å². The molecule has 1 N–H and O–H groups in total. The highest BCUT2D eigenvalue weighted by Crippen LogP contribution is 2.30. The molecule has 0 saturated heterocycles. The summed E-state index contributed by atoms with van der Waals surface area (Å²) in [7, 11) is 0. The monoisotopic (exact) mass is 265 g/mol. The van der Waals surface area contributed by atoms with Gasteiger partial charge in [-0.25, -0.2) is 4.98 Å². The van der Waals surface area contributed by atoms with Crippen LogP contribution in [0.5, 0.6) is 0 Å². The Morgan fingerprint density at radius 3 is 2.94 bits per heavy atom. The van der Waals surface area contributed by atoms with Crippen molar-refractivity contribution in [3.8, 4) is 0 Å². The lowest BCUT2D eigenvalue weighted by Gasteiger charge is -2.07. The molecule has 0 aliphatic heterocycles. The molecule has 0 radical (unpaired) electrons. The van der Waals surface area contributed by atoms with E-state index in [0.29, 0.717) is 0 Å². The molecule has 1 aromatic carbocycles. The van der Waals surface area contributed by atoms with Gasteiger partial charge < -0.3 is 5.32 Å². The van der Waals surface area contributed by atoms with Crippen molar-refractivity contribution in [2.24, 2.45) is 0 Å². The van der Waals surface area contributed by atoms with Crippen LogP contribution in [0.1, 0.15) is 18.1 Å². The van der Waals surface area contributed by atoms with Crippen LogP contribution in [0, 0.1) is 6.92 Å². The minimum absolute atomic E-state index is 0.932. The molecule has 0 amide bonds. The lowest BCUT2D eigenvalue weighted by atomic mass is 10.1. The molecule has 5 heteroatoms. The number of aryl methyl sites for hydroxylation is 1. The van der Waals surface area contributed by atoms with E-state index in [0.717, 1.165) is 17.4 Å². The quantitative estimate of drug-likeness (QED) is 0.901. The topological polar surface area (TPSA) is 37.8 Å². The zero-order valence-corrected chi connectivity index (χ0v) is 11.6. The minimum Gasteiger partial charge on any atom is -0.313 e. The Balaban J connectivity index is 2.09. The molecule has 0 aliphatic carbocycles. The van der Waals surface area contributed by atoms with E-state index in [4.69, 9.17) is 0 Å². The average molecular weight is 265 g/mol. The molecular formula is C12H15N3S2. The van der Waals surface area contributed by atoms with E-state index in [9.17, 15) is 0 Å². The third kappa shape index (κ3) is 3.52. The van der Waals surface area contributed by atoms with Crippen LogP contribution in [0.15, 0.2) is 33.8 Å². The Kier molecular flexibility index (Phi) is 4.53. The summed E-state index contributed by atoms with van der Waals surface area (Å²) in [5.41, 5.74) is 2.62. The second-order valence-electron chi connectivity index (χ2n) is 3.69. The van der Waals surface area contributed by atoms with Gasteiger partial charge in [0.15, 0.2) is 4.34 Å². The van der Waals surface area contributed by atoms with Gasteiger partial charge in [0, 0.05) is 11.4 Å². The molecule has 3 nitrogen and oxygen atoms in total. The van der Waals surface area contributed by atoms with Gasteiger partial charge in [0.1, 0.15) is 6.33 Å². The largest absolute Gasteiger partial charge is 0.313 e. The maximum atomic E-state index is 4.18. The van der Waals surface area contributed by atoms with E-state index in [1.165, 1.54) is 27.6 Å². The van der Waals surface area contributed by atoms with E-state index < -0.39 is 0 Å². The third-order valence-corrected chi connectivity index (χ3v) is 4.25. The number of aromatic nitrogens is 2. The van der Waals surface area contributed by atoms with E-state index >= 15 is 0 Å². The standard InChI is InChI=1S/C12H15N3S2/c1-3-13-7-10-4-5-11(9(2)6-10)16-12-14-8-15-17-12/h4-6,8,13H,3,7H2,1-2H3. The van der Waals surface area contributed by atoms with Crippen molar-refractivity contribution in [1.82, 2.24) is 14.7 Å². The van der Waals surface area contributed by atoms with Crippen LogP contribution in [0.2, 0.25) is 0 Å². The number of nitrogens with zero attached hydrogens (tertiary/aromatic N) is 2. The molecule has 0 fully saturated rings. The Labute approximate surface area is 110 Å². The van der Waals surface area contributed by atoms with Crippen molar-refractivity contribution in [3.05, 3.63) is 35.7 Å². The van der Waals surface area contributed by atoms with Crippen LogP contribution < -0.4 is 5.32 Å². The van der Waals surface area contributed by atoms with Crippen LogP contribution in [0.3, 0.4) is 0 Å². The van der Waals surface area contributed by atoms with E-state index in [-0.39, 0.29) is 0 Å². The van der Waals surface area contributed by atoms with Crippen molar-refractivity contribution < 1.29 is 0 Å². The average Bonchev–Trinajstić information content (AvgIpc) is 2.82. The summed E-state index contributed by atoms with van der Waals surface area (Å²) in [5.74, 6) is 0. The first kappa shape index (κ1) is 12.5. The van der Waals surface area contributed by atoms with Crippen molar-refractivity contribution in [2.45, 2.75) is 29.6 Å². The van der Waals surface area contributed by atoms with Gasteiger partial charge >= 0.3 is 0 Å². The molecule has 0 unspecified atom stereocenters. The first-order valence-electron chi connectivity index (χ1n) is 5.54. The normalized spacial score (nSPS) is 10.7. The number of benzene rings is 1. The summed E-state index contributed by atoms with van der Waals surface area (Å²) in [4.78, 5) is 5.43. The Bertz CT molecular complexity index is 469. The molecule has 0 saturated carbocycles. The van der Waals surface area contributed by atoms with Crippen molar-refractivity contribution in [3.63, 3.8) is 0 Å². The fourth-order valence-corrected chi connectivity index (χ4v) is 2.98. The summed E-state index contributed by atoms with van der Waals surface area (Å²) >= 11 is 3.11. The van der Waals surface area contributed by atoms with Crippen LogP contribution in [-0.4, -0.2) is 15.9 Å². The van der Waals surface area contributed by atoms with Gasteiger partial charge in [-0.3, -0.25) is 0 Å². The van der Waals surface area contributed by atoms with Gasteiger partial charge in [0.25, 0.3) is 0 Å². The molecule has 0 spiro atoms. The van der Waals surface area contributed by atoms with Crippen LogP contribution in [0.4, 0.5) is 0 Å². The van der Waals surface area contributed by atoms with Gasteiger partial charge in [0.05, 0.1) is 0 Å². The van der Waals surface area contributed by atoms with Gasteiger partial charge in [-0.2, -0.15) is 4.37 Å². The molecule has 0 bridgehead atoms. The summed E-state index contributed by atoms with van der Waals surface area (Å²) < 4.78 is 5.00. The Hall–Kier alpha value is -0.910. The summed E-state index contributed by atoms with van der Waals surface area (Å²) in [6.45, 7) is 6.19. The van der Waals surface area contributed by atoms with Crippen molar-refractivity contribution in [1.29, 1.82) is 0 Å². The zero-order chi connectivity index (χ0) is 12.1. The Morgan fingerprint density at radius 2 is 2.29 bits per heavy atom. The number of nitrogens with one attached hydrogen (secondary N) is 1. The molecule has 2 rings (SSSR count). The molecule has 1 heterocycles. The second-order valence-corrected chi connectivity index (χ2v) is 5.76. The smallest absolute Gasteiger partial charge is 0.174 e. The molecule has 17 heavy (non-hydrogen) atoms. The predicted molar refractivity (Wildman–Crippen MR) is 72.6 cm³/mol. The van der Waals surface area contributed by atoms with Crippen LogP contribution >= 0.6 is 23.3 Å². The highest BCUT2D eigenvalue weighted by molar-refractivity contribution is 8.01. The maximum Gasteiger partial charge on any atom is 0.174 e. The fourth-order valence-electron chi connectivity index (χ4n) is 1.51. The summed E-state index contributed by atoms with van der Waals surface area (Å²) in [6, 6.07) is 6.55. The van der Waals surface area contributed by atoms with E-state index in [1.54, 1.807) is 18.1 Å². The molecule has 90 valence electrons. The van der Waals surface area contributed by atoms with E-state index in [2.05, 4.69) is 46.7 Å². The molecular weight excluding hydrogens is 250 g/mol. The molecule has 0 atom stereocenters.